The third kappa shape index (κ3) is 5.36. The van der Waals surface area contributed by atoms with Gasteiger partial charge in [0.1, 0.15) is 12.4 Å². The fourth-order valence-corrected chi connectivity index (χ4v) is 1.10. The van der Waals surface area contributed by atoms with E-state index in [0.29, 0.717) is 13.2 Å². The summed E-state index contributed by atoms with van der Waals surface area (Å²) in [5, 5.41) is 2.49. The molecule has 0 aliphatic heterocycles. The van der Waals surface area contributed by atoms with Crippen LogP contribution < -0.4 is 10.1 Å². The van der Waals surface area contributed by atoms with Crippen molar-refractivity contribution in [3.8, 4) is 5.75 Å². The Morgan fingerprint density at radius 1 is 1.25 bits per heavy atom. The van der Waals surface area contributed by atoms with E-state index in [1.807, 2.05) is 30.3 Å². The topological polar surface area (TPSA) is 47.6 Å². The molecule has 1 rings (SSSR count). The van der Waals surface area contributed by atoms with Crippen LogP contribution in [-0.4, -0.2) is 32.8 Å². The van der Waals surface area contributed by atoms with E-state index in [1.165, 1.54) is 0 Å². The van der Waals surface area contributed by atoms with E-state index in [-0.39, 0.29) is 12.5 Å². The van der Waals surface area contributed by atoms with Crippen LogP contribution in [0, 0.1) is 0 Å². The van der Waals surface area contributed by atoms with Crippen molar-refractivity contribution in [1.29, 1.82) is 0 Å². The summed E-state index contributed by atoms with van der Waals surface area (Å²) in [6.07, 6.45) is 0.770. The number of hydrogen-bond acceptors (Lipinski definition) is 3. The summed E-state index contributed by atoms with van der Waals surface area (Å²) in [5.41, 5.74) is 0. The first-order chi connectivity index (χ1) is 7.83. The van der Waals surface area contributed by atoms with Gasteiger partial charge in [-0.15, -0.1) is 0 Å². The second kappa shape index (κ2) is 7.70. The molecule has 1 aromatic carbocycles. The van der Waals surface area contributed by atoms with Crippen LogP contribution in [0.5, 0.6) is 5.75 Å². The Morgan fingerprint density at radius 2 is 2.00 bits per heavy atom. The number of likely N-dealkylation sites (N-methyl/N-ethyl adjacent to an activating group) is 1. The smallest absolute Gasteiger partial charge is 0.245 e. The highest BCUT2D eigenvalue weighted by atomic mass is 16.5. The third-order valence-electron chi connectivity index (χ3n) is 1.96. The average molecular weight is 223 g/mol. The van der Waals surface area contributed by atoms with Crippen molar-refractivity contribution in [2.45, 2.75) is 6.42 Å². The molecule has 0 heterocycles. The van der Waals surface area contributed by atoms with Crippen LogP contribution in [0.4, 0.5) is 0 Å². The van der Waals surface area contributed by atoms with Crippen LogP contribution in [0.1, 0.15) is 6.42 Å². The van der Waals surface area contributed by atoms with Gasteiger partial charge in [-0.25, -0.2) is 0 Å². The average Bonchev–Trinajstić information content (AvgIpc) is 2.34. The summed E-state index contributed by atoms with van der Waals surface area (Å²) in [7, 11) is 1.59. The molecule has 0 spiro atoms. The molecule has 0 atom stereocenters. The zero-order valence-electron chi connectivity index (χ0n) is 9.44. The Balaban J connectivity index is 1.98. The summed E-state index contributed by atoms with van der Waals surface area (Å²) in [6, 6.07) is 9.62. The van der Waals surface area contributed by atoms with Crippen molar-refractivity contribution in [2.24, 2.45) is 0 Å². The van der Waals surface area contributed by atoms with Gasteiger partial charge >= 0.3 is 0 Å². The zero-order valence-corrected chi connectivity index (χ0v) is 9.44. The molecule has 1 N–H and O–H groups in total. The number of rotatable bonds is 7. The Kier molecular flexibility index (Phi) is 6.03. The Bertz CT molecular complexity index is 300. The molecule has 0 saturated heterocycles. The molecular weight excluding hydrogens is 206 g/mol. The molecule has 4 heteroatoms. The van der Waals surface area contributed by atoms with Gasteiger partial charge in [0.2, 0.25) is 5.91 Å². The molecule has 88 valence electrons. The van der Waals surface area contributed by atoms with Gasteiger partial charge in [0, 0.05) is 13.5 Å². The van der Waals surface area contributed by atoms with E-state index in [2.05, 4.69) is 5.32 Å². The molecule has 0 saturated carbocycles. The Labute approximate surface area is 95.6 Å². The summed E-state index contributed by atoms with van der Waals surface area (Å²) in [5.74, 6) is 0.748. The molecular formula is C12H17NO3. The quantitative estimate of drug-likeness (QED) is 0.707. The van der Waals surface area contributed by atoms with Crippen LogP contribution in [-0.2, 0) is 9.53 Å². The van der Waals surface area contributed by atoms with Gasteiger partial charge in [-0.1, -0.05) is 18.2 Å². The normalized spacial score (nSPS) is 9.81. The van der Waals surface area contributed by atoms with E-state index in [9.17, 15) is 4.79 Å². The zero-order chi connectivity index (χ0) is 11.6. The maximum atomic E-state index is 10.8. The lowest BCUT2D eigenvalue weighted by molar-refractivity contribution is -0.125. The number of amides is 1. The molecule has 0 aliphatic rings. The highest BCUT2D eigenvalue weighted by molar-refractivity contribution is 5.76. The molecule has 0 bridgehead atoms. The number of carbonyl (C=O) groups is 1. The SMILES string of the molecule is CNC(=O)COCCCOc1ccccc1. The Morgan fingerprint density at radius 3 is 2.69 bits per heavy atom. The van der Waals surface area contributed by atoms with E-state index in [0.717, 1.165) is 12.2 Å². The molecule has 0 fully saturated rings. The molecule has 0 unspecified atom stereocenters. The molecule has 1 aromatic rings. The predicted octanol–water partition coefficient (Wildman–Crippen LogP) is 1.22. The molecule has 4 nitrogen and oxygen atoms in total. The van der Waals surface area contributed by atoms with Gasteiger partial charge in [-0.05, 0) is 12.1 Å². The molecule has 0 radical (unpaired) electrons. The Hall–Kier alpha value is -1.55. The van der Waals surface area contributed by atoms with Crippen molar-refractivity contribution >= 4 is 5.91 Å². The minimum absolute atomic E-state index is 0.107. The van der Waals surface area contributed by atoms with Crippen LogP contribution in [0.3, 0.4) is 0 Å². The van der Waals surface area contributed by atoms with Crippen molar-refractivity contribution in [2.75, 3.05) is 26.9 Å². The maximum Gasteiger partial charge on any atom is 0.245 e. The lowest BCUT2D eigenvalue weighted by Crippen LogP contribution is -2.23. The van der Waals surface area contributed by atoms with Crippen molar-refractivity contribution in [3.05, 3.63) is 30.3 Å². The molecule has 1 amide bonds. The highest BCUT2D eigenvalue weighted by Gasteiger charge is 1.97. The van der Waals surface area contributed by atoms with Gasteiger partial charge in [0.05, 0.1) is 13.2 Å². The molecule has 16 heavy (non-hydrogen) atoms. The van der Waals surface area contributed by atoms with E-state index >= 15 is 0 Å². The maximum absolute atomic E-state index is 10.8. The minimum Gasteiger partial charge on any atom is -0.494 e. The predicted molar refractivity (Wildman–Crippen MR) is 61.4 cm³/mol. The van der Waals surface area contributed by atoms with Crippen molar-refractivity contribution < 1.29 is 14.3 Å². The third-order valence-corrected chi connectivity index (χ3v) is 1.96. The summed E-state index contributed by atoms with van der Waals surface area (Å²) in [6.45, 7) is 1.24. The first kappa shape index (κ1) is 12.5. The van der Waals surface area contributed by atoms with E-state index in [1.54, 1.807) is 7.05 Å². The number of carbonyl (C=O) groups excluding carboxylic acids is 1. The number of hydrogen-bond donors (Lipinski definition) is 1. The minimum atomic E-state index is -0.107. The summed E-state index contributed by atoms with van der Waals surface area (Å²) >= 11 is 0. The second-order valence-corrected chi connectivity index (χ2v) is 3.24. The fourth-order valence-electron chi connectivity index (χ4n) is 1.10. The van der Waals surface area contributed by atoms with E-state index < -0.39 is 0 Å². The molecule has 0 aliphatic carbocycles. The lowest BCUT2D eigenvalue weighted by atomic mass is 10.3. The van der Waals surface area contributed by atoms with Gasteiger partial charge in [-0.2, -0.15) is 0 Å². The van der Waals surface area contributed by atoms with Crippen molar-refractivity contribution in [3.63, 3.8) is 0 Å². The standard InChI is InChI=1S/C12H17NO3/c1-13-12(14)10-15-8-5-9-16-11-6-3-2-4-7-11/h2-4,6-7H,5,8-10H2,1H3,(H,13,14). The number of nitrogens with one attached hydrogen (secondary N) is 1. The van der Waals surface area contributed by atoms with Crippen LogP contribution in [0.2, 0.25) is 0 Å². The van der Waals surface area contributed by atoms with Crippen LogP contribution in [0.25, 0.3) is 0 Å². The van der Waals surface area contributed by atoms with Crippen LogP contribution in [0.15, 0.2) is 30.3 Å². The van der Waals surface area contributed by atoms with Gasteiger partial charge in [0.25, 0.3) is 0 Å². The number of ether oxygens (including phenoxy) is 2. The highest BCUT2D eigenvalue weighted by Crippen LogP contribution is 2.08. The van der Waals surface area contributed by atoms with Gasteiger partial charge in [0.15, 0.2) is 0 Å². The monoisotopic (exact) mass is 223 g/mol. The van der Waals surface area contributed by atoms with Crippen LogP contribution >= 0.6 is 0 Å². The number of benzene rings is 1. The first-order valence-electron chi connectivity index (χ1n) is 5.29. The lowest BCUT2D eigenvalue weighted by Gasteiger charge is -2.06. The van der Waals surface area contributed by atoms with Gasteiger partial charge < -0.3 is 14.8 Å². The largest absolute Gasteiger partial charge is 0.494 e. The second-order valence-electron chi connectivity index (χ2n) is 3.24. The molecule has 0 aromatic heterocycles. The van der Waals surface area contributed by atoms with Crippen molar-refractivity contribution in [1.82, 2.24) is 5.32 Å². The fraction of sp³-hybridized carbons (Fsp3) is 0.417. The number of para-hydroxylation sites is 1. The van der Waals surface area contributed by atoms with Gasteiger partial charge in [-0.3, -0.25) is 4.79 Å². The summed E-state index contributed by atoms with van der Waals surface area (Å²) < 4.78 is 10.6. The first-order valence-corrected chi connectivity index (χ1v) is 5.29. The van der Waals surface area contributed by atoms with E-state index in [4.69, 9.17) is 9.47 Å². The summed E-state index contributed by atoms with van der Waals surface area (Å²) in [4.78, 5) is 10.8.